The molecule has 1 heterocycles. The zero-order chi connectivity index (χ0) is 11.8. The fraction of sp³-hybridized carbons (Fsp3) is 0.538. The van der Waals surface area contributed by atoms with Crippen LogP contribution in [-0.4, -0.2) is 26.5 Å². The van der Waals surface area contributed by atoms with Crippen molar-refractivity contribution in [2.24, 2.45) is 0 Å². The molecule has 3 heteroatoms. The molecule has 1 fully saturated rings. The Labute approximate surface area is 100 Å². The van der Waals surface area contributed by atoms with E-state index in [4.69, 9.17) is 9.47 Å². The molecule has 0 unspecified atom stereocenters. The van der Waals surface area contributed by atoms with Gasteiger partial charge in [0.25, 0.3) is 0 Å². The van der Waals surface area contributed by atoms with E-state index in [-0.39, 0.29) is 0 Å². The van der Waals surface area contributed by atoms with E-state index in [1.54, 1.807) is 0 Å². The normalized spacial score (nSPS) is 20.0. The van der Waals surface area contributed by atoms with Crippen LogP contribution < -0.4 is 4.40 Å². The summed E-state index contributed by atoms with van der Waals surface area (Å²) in [6.45, 7) is 3.37. The number of ether oxygens (including phenoxy) is 2. The predicted octanol–water partition coefficient (Wildman–Crippen LogP) is 2.45. The first-order chi connectivity index (χ1) is 7.42. The summed E-state index contributed by atoms with van der Waals surface area (Å²) in [4.78, 5) is 0. The van der Waals surface area contributed by atoms with Crippen molar-refractivity contribution in [1.29, 1.82) is 0 Å². The zero-order valence-corrected chi connectivity index (χ0v) is 12.6. The van der Waals surface area contributed by atoms with Crippen molar-refractivity contribution in [2.45, 2.75) is 30.0 Å². The molecule has 1 aliphatic heterocycles. The molecule has 2 rings (SSSR count). The monoisotopic (exact) mass is 282 g/mol. The predicted molar refractivity (Wildman–Crippen MR) is 68.7 cm³/mol. The molecule has 0 atom stereocenters. The van der Waals surface area contributed by atoms with E-state index < -0.39 is 19.1 Å². The first-order valence-electron chi connectivity index (χ1n) is 5.81. The molecule has 0 saturated carbocycles. The Hall–Kier alpha value is -0.317. The second kappa shape index (κ2) is 4.17. The number of benzene rings is 1. The van der Waals surface area contributed by atoms with E-state index in [0.29, 0.717) is 13.2 Å². The third kappa shape index (κ3) is 2.34. The molecule has 0 amide bonds. The minimum absolute atomic E-state index is 0.524. The van der Waals surface area contributed by atoms with Crippen LogP contribution in [-0.2, 0) is 15.3 Å². The molecular weight excluding hydrogens is 261 g/mol. The molecular formula is C13H20GeO2. The van der Waals surface area contributed by atoms with Gasteiger partial charge in [0.1, 0.15) is 0 Å². The van der Waals surface area contributed by atoms with Gasteiger partial charge in [0.05, 0.1) is 0 Å². The van der Waals surface area contributed by atoms with Gasteiger partial charge < -0.3 is 0 Å². The Kier molecular flexibility index (Phi) is 3.16. The number of rotatable bonds is 2. The molecule has 0 aliphatic carbocycles. The summed E-state index contributed by atoms with van der Waals surface area (Å²) in [6, 6.07) is 8.78. The van der Waals surface area contributed by atoms with Crippen LogP contribution in [0.4, 0.5) is 0 Å². The molecule has 0 aromatic heterocycles. The van der Waals surface area contributed by atoms with Crippen molar-refractivity contribution in [3.8, 4) is 0 Å². The maximum absolute atomic E-state index is 5.65. The van der Waals surface area contributed by atoms with Gasteiger partial charge in [0.15, 0.2) is 0 Å². The van der Waals surface area contributed by atoms with Crippen molar-refractivity contribution in [1.82, 2.24) is 0 Å². The van der Waals surface area contributed by atoms with Gasteiger partial charge in [0.2, 0.25) is 0 Å². The summed E-state index contributed by atoms with van der Waals surface area (Å²) in [7, 11) is 0. The molecule has 1 saturated heterocycles. The van der Waals surface area contributed by atoms with Crippen LogP contribution in [0.1, 0.15) is 12.5 Å². The summed E-state index contributed by atoms with van der Waals surface area (Å²) in [5.74, 6) is 6.68. The number of hydrogen-bond acceptors (Lipinski definition) is 2. The van der Waals surface area contributed by atoms with Crippen molar-refractivity contribution in [3.63, 3.8) is 0 Å². The van der Waals surface area contributed by atoms with Gasteiger partial charge in [-0.3, -0.25) is 0 Å². The Bertz CT molecular complexity index is 359. The quantitative estimate of drug-likeness (QED) is 0.775. The van der Waals surface area contributed by atoms with Crippen LogP contribution in [0, 0.1) is 0 Å². The molecule has 0 N–H and O–H groups in total. The second-order valence-corrected chi connectivity index (χ2v) is 16.1. The Morgan fingerprint density at radius 1 is 1.00 bits per heavy atom. The summed E-state index contributed by atoms with van der Waals surface area (Å²) in [6.07, 6.45) is 0. The topological polar surface area (TPSA) is 18.5 Å². The minimum atomic E-state index is -1.69. The van der Waals surface area contributed by atoms with Gasteiger partial charge in [0, 0.05) is 0 Å². The van der Waals surface area contributed by atoms with Gasteiger partial charge >= 0.3 is 100 Å². The van der Waals surface area contributed by atoms with E-state index in [1.165, 1.54) is 4.40 Å². The average Bonchev–Trinajstić information content (AvgIpc) is 2.66. The molecule has 0 bridgehead atoms. The van der Waals surface area contributed by atoms with Crippen molar-refractivity contribution < 1.29 is 9.47 Å². The van der Waals surface area contributed by atoms with Crippen molar-refractivity contribution in [2.75, 3.05) is 13.2 Å². The van der Waals surface area contributed by atoms with Crippen LogP contribution in [0.3, 0.4) is 0 Å². The van der Waals surface area contributed by atoms with E-state index in [9.17, 15) is 0 Å². The first kappa shape index (κ1) is 12.1. The first-order valence-corrected chi connectivity index (χ1v) is 13.2. The molecule has 1 aromatic rings. The third-order valence-corrected chi connectivity index (χ3v) is 7.45. The molecule has 2 nitrogen and oxygen atoms in total. The molecule has 0 radical (unpaired) electrons. The molecule has 1 aliphatic rings. The van der Waals surface area contributed by atoms with Gasteiger partial charge in [-0.15, -0.1) is 0 Å². The molecule has 16 heavy (non-hydrogen) atoms. The summed E-state index contributed by atoms with van der Waals surface area (Å²) in [5.41, 5.74) is 1.13. The van der Waals surface area contributed by atoms with E-state index in [1.807, 2.05) is 6.92 Å². The van der Waals surface area contributed by atoms with Crippen LogP contribution in [0.5, 0.6) is 0 Å². The standard InChI is InChI=1S/C13H20GeO2/c1-13(15-9-10-16-13)11-5-7-12(8-6-11)14(2,3)4/h5-8H,9-10H2,1-4H3. The van der Waals surface area contributed by atoms with Gasteiger partial charge in [-0.25, -0.2) is 0 Å². The fourth-order valence-electron chi connectivity index (χ4n) is 1.95. The van der Waals surface area contributed by atoms with Crippen molar-refractivity contribution >= 4 is 17.7 Å². The summed E-state index contributed by atoms with van der Waals surface area (Å²) >= 11 is -1.69. The van der Waals surface area contributed by atoms with Crippen LogP contribution in [0.15, 0.2) is 24.3 Å². The Morgan fingerprint density at radius 2 is 1.50 bits per heavy atom. The van der Waals surface area contributed by atoms with Gasteiger partial charge in [-0.05, 0) is 0 Å². The summed E-state index contributed by atoms with van der Waals surface area (Å²) in [5, 5.41) is 0. The van der Waals surface area contributed by atoms with E-state index in [0.717, 1.165) is 5.56 Å². The Morgan fingerprint density at radius 3 is 1.94 bits per heavy atom. The van der Waals surface area contributed by atoms with Crippen LogP contribution in [0.25, 0.3) is 0 Å². The Balaban J connectivity index is 2.26. The van der Waals surface area contributed by atoms with Gasteiger partial charge in [-0.2, -0.15) is 0 Å². The fourth-order valence-corrected chi connectivity index (χ4v) is 4.40. The van der Waals surface area contributed by atoms with E-state index >= 15 is 0 Å². The SMILES string of the molecule is CC1(c2cc[c]([Ge]([CH3])([CH3])[CH3])cc2)OCCO1. The molecule has 1 aromatic carbocycles. The van der Waals surface area contributed by atoms with Crippen molar-refractivity contribution in [3.05, 3.63) is 29.8 Å². The molecule has 88 valence electrons. The van der Waals surface area contributed by atoms with Crippen LogP contribution in [0.2, 0.25) is 17.3 Å². The van der Waals surface area contributed by atoms with Gasteiger partial charge in [-0.1, -0.05) is 0 Å². The molecule has 0 spiro atoms. The number of hydrogen-bond donors (Lipinski definition) is 0. The second-order valence-electron chi connectivity index (χ2n) is 5.47. The third-order valence-electron chi connectivity index (χ3n) is 3.11. The zero-order valence-electron chi connectivity index (χ0n) is 10.5. The van der Waals surface area contributed by atoms with Crippen LogP contribution >= 0.6 is 0 Å². The maximum atomic E-state index is 5.65. The van der Waals surface area contributed by atoms with E-state index in [2.05, 4.69) is 41.5 Å². The average molecular weight is 281 g/mol. The summed E-state index contributed by atoms with van der Waals surface area (Å²) < 4.78 is 12.8.